The molecule has 3 heterocycles. The highest BCUT2D eigenvalue weighted by Gasteiger charge is 2.22. The Kier molecular flexibility index (Phi) is 3.76. The summed E-state index contributed by atoms with van der Waals surface area (Å²) < 4.78 is 1.92. The van der Waals surface area contributed by atoms with Crippen LogP contribution in [0.15, 0.2) is 12.1 Å². The van der Waals surface area contributed by atoms with E-state index in [-0.39, 0.29) is 5.91 Å². The topological polar surface area (TPSA) is 53.7 Å². The van der Waals surface area contributed by atoms with Gasteiger partial charge in [0.15, 0.2) is 5.65 Å². The highest BCUT2D eigenvalue weighted by Crippen LogP contribution is 2.23. The van der Waals surface area contributed by atoms with Crippen LogP contribution in [-0.2, 0) is 4.79 Å². The Balaban J connectivity index is 1.97. The van der Waals surface area contributed by atoms with Gasteiger partial charge in [-0.25, -0.2) is 4.98 Å². The van der Waals surface area contributed by atoms with Gasteiger partial charge in [0.05, 0.1) is 5.69 Å². The van der Waals surface area contributed by atoms with Crippen LogP contribution in [0.25, 0.3) is 5.65 Å². The van der Waals surface area contributed by atoms with Gasteiger partial charge in [0, 0.05) is 50.9 Å². The monoisotopic (exact) mass is 301 g/mol. The van der Waals surface area contributed by atoms with Crippen LogP contribution in [0.2, 0.25) is 0 Å². The number of amides is 1. The summed E-state index contributed by atoms with van der Waals surface area (Å²) in [4.78, 5) is 20.4. The van der Waals surface area contributed by atoms with Gasteiger partial charge in [0.2, 0.25) is 5.91 Å². The first-order valence-corrected chi connectivity index (χ1v) is 7.83. The summed E-state index contributed by atoms with van der Waals surface area (Å²) in [5, 5.41) is 4.57. The molecule has 0 atom stereocenters. The third-order valence-electron chi connectivity index (χ3n) is 4.19. The van der Waals surface area contributed by atoms with Crippen molar-refractivity contribution in [3.05, 3.63) is 23.5 Å². The maximum absolute atomic E-state index is 11.5. The fourth-order valence-electron chi connectivity index (χ4n) is 2.86. The number of nitrogens with zero attached hydrogens (tertiary/aromatic N) is 5. The third kappa shape index (κ3) is 2.65. The second kappa shape index (κ2) is 5.59. The molecule has 1 aliphatic heterocycles. The lowest BCUT2D eigenvalue weighted by atomic mass is 10.1. The summed E-state index contributed by atoms with van der Waals surface area (Å²) in [6, 6.07) is 4.15. The van der Waals surface area contributed by atoms with Crippen LogP contribution in [0, 0.1) is 6.92 Å². The van der Waals surface area contributed by atoms with Gasteiger partial charge < -0.3 is 9.80 Å². The van der Waals surface area contributed by atoms with E-state index in [1.165, 1.54) is 0 Å². The molecule has 22 heavy (non-hydrogen) atoms. The summed E-state index contributed by atoms with van der Waals surface area (Å²) in [5.74, 6) is 1.60. The molecule has 1 aliphatic rings. The van der Waals surface area contributed by atoms with Gasteiger partial charge in [0.25, 0.3) is 0 Å². The Bertz CT molecular complexity index is 698. The maximum atomic E-state index is 11.5. The molecule has 0 bridgehead atoms. The highest BCUT2D eigenvalue weighted by molar-refractivity contribution is 5.73. The highest BCUT2D eigenvalue weighted by atomic mass is 16.2. The predicted molar refractivity (Wildman–Crippen MR) is 86.3 cm³/mol. The molecule has 1 fully saturated rings. The van der Waals surface area contributed by atoms with Gasteiger partial charge in [-0.05, 0) is 12.8 Å². The summed E-state index contributed by atoms with van der Waals surface area (Å²) >= 11 is 0. The summed E-state index contributed by atoms with van der Waals surface area (Å²) in [7, 11) is 0. The van der Waals surface area contributed by atoms with E-state index in [9.17, 15) is 4.79 Å². The van der Waals surface area contributed by atoms with E-state index in [2.05, 4.69) is 29.9 Å². The quantitative estimate of drug-likeness (QED) is 0.849. The van der Waals surface area contributed by atoms with E-state index in [1.807, 2.05) is 22.4 Å². The predicted octanol–water partition coefficient (Wildman–Crippen LogP) is 1.83. The van der Waals surface area contributed by atoms with Crippen LogP contribution in [0.5, 0.6) is 0 Å². The van der Waals surface area contributed by atoms with Crippen LogP contribution >= 0.6 is 0 Å². The molecule has 118 valence electrons. The number of aryl methyl sites for hydroxylation is 1. The van der Waals surface area contributed by atoms with E-state index >= 15 is 0 Å². The molecule has 2 aromatic rings. The molecule has 0 radical (unpaired) electrons. The third-order valence-corrected chi connectivity index (χ3v) is 4.19. The fraction of sp³-hybridized carbons (Fsp3) is 0.562. The molecule has 1 saturated heterocycles. The standard InChI is InChI=1S/C16H23N5O/c1-11(2)14-10-16(21-15(17-14)9-12(3)18-21)20-7-5-19(6-8-20)13(4)22/h9-11H,5-8H2,1-4H3. The fourth-order valence-corrected chi connectivity index (χ4v) is 2.86. The van der Waals surface area contributed by atoms with Gasteiger partial charge in [-0.1, -0.05) is 13.8 Å². The number of fused-ring (bicyclic) bond motifs is 1. The van der Waals surface area contributed by atoms with Crippen LogP contribution < -0.4 is 4.90 Å². The molecular weight excluding hydrogens is 278 g/mol. The number of hydrogen-bond donors (Lipinski definition) is 0. The maximum Gasteiger partial charge on any atom is 0.219 e. The van der Waals surface area contributed by atoms with Crippen molar-refractivity contribution in [1.29, 1.82) is 0 Å². The Labute approximate surface area is 130 Å². The normalized spacial score (nSPS) is 15.9. The zero-order chi connectivity index (χ0) is 15.9. The molecule has 6 heteroatoms. The van der Waals surface area contributed by atoms with Crippen LogP contribution in [0.4, 0.5) is 5.82 Å². The van der Waals surface area contributed by atoms with E-state index in [0.717, 1.165) is 49.0 Å². The lowest BCUT2D eigenvalue weighted by molar-refractivity contribution is -0.129. The van der Waals surface area contributed by atoms with E-state index in [0.29, 0.717) is 5.92 Å². The van der Waals surface area contributed by atoms with Crippen molar-refractivity contribution in [2.24, 2.45) is 0 Å². The second-order valence-electron chi connectivity index (χ2n) is 6.24. The molecule has 6 nitrogen and oxygen atoms in total. The average Bonchev–Trinajstić information content (AvgIpc) is 2.86. The molecular formula is C16H23N5O. The molecule has 0 aliphatic carbocycles. The van der Waals surface area contributed by atoms with E-state index < -0.39 is 0 Å². The van der Waals surface area contributed by atoms with Gasteiger partial charge in [-0.2, -0.15) is 9.61 Å². The molecule has 2 aromatic heterocycles. The Morgan fingerprint density at radius 3 is 2.45 bits per heavy atom. The number of aromatic nitrogens is 3. The van der Waals surface area contributed by atoms with Gasteiger partial charge >= 0.3 is 0 Å². The van der Waals surface area contributed by atoms with Crippen molar-refractivity contribution in [3.63, 3.8) is 0 Å². The average molecular weight is 301 g/mol. The minimum atomic E-state index is 0.150. The van der Waals surface area contributed by atoms with Crippen molar-refractivity contribution in [3.8, 4) is 0 Å². The van der Waals surface area contributed by atoms with Gasteiger partial charge in [0.1, 0.15) is 5.82 Å². The van der Waals surface area contributed by atoms with Crippen molar-refractivity contribution in [1.82, 2.24) is 19.5 Å². The first kappa shape index (κ1) is 14.8. The van der Waals surface area contributed by atoms with Crippen molar-refractivity contribution < 1.29 is 4.79 Å². The number of carbonyl (C=O) groups excluding carboxylic acids is 1. The number of hydrogen-bond acceptors (Lipinski definition) is 4. The van der Waals surface area contributed by atoms with Crippen LogP contribution in [0.3, 0.4) is 0 Å². The summed E-state index contributed by atoms with van der Waals surface area (Å²) in [6.07, 6.45) is 0. The van der Waals surface area contributed by atoms with E-state index in [1.54, 1.807) is 6.92 Å². The number of rotatable bonds is 2. The number of carbonyl (C=O) groups is 1. The second-order valence-corrected chi connectivity index (χ2v) is 6.24. The van der Waals surface area contributed by atoms with Gasteiger partial charge in [-0.3, -0.25) is 4.79 Å². The summed E-state index contributed by atoms with van der Waals surface area (Å²) in [5.41, 5.74) is 2.95. The van der Waals surface area contributed by atoms with E-state index in [4.69, 9.17) is 4.98 Å². The number of piperazine rings is 1. The molecule has 0 saturated carbocycles. The van der Waals surface area contributed by atoms with Crippen molar-refractivity contribution >= 4 is 17.4 Å². The largest absolute Gasteiger partial charge is 0.353 e. The molecule has 0 N–H and O–H groups in total. The first-order valence-electron chi connectivity index (χ1n) is 7.83. The first-order chi connectivity index (χ1) is 10.5. The van der Waals surface area contributed by atoms with Crippen molar-refractivity contribution in [2.45, 2.75) is 33.6 Å². The zero-order valence-corrected chi connectivity index (χ0v) is 13.7. The Morgan fingerprint density at radius 1 is 1.18 bits per heavy atom. The Hall–Kier alpha value is -2.11. The SMILES string of the molecule is CC(=O)N1CCN(c2cc(C(C)C)nc3cc(C)nn23)CC1. The zero-order valence-electron chi connectivity index (χ0n) is 13.7. The van der Waals surface area contributed by atoms with Crippen LogP contribution in [-0.4, -0.2) is 51.6 Å². The minimum absolute atomic E-state index is 0.150. The lowest BCUT2D eigenvalue weighted by Crippen LogP contribution is -2.48. The summed E-state index contributed by atoms with van der Waals surface area (Å²) in [6.45, 7) is 11.1. The van der Waals surface area contributed by atoms with Gasteiger partial charge in [-0.15, -0.1) is 0 Å². The lowest BCUT2D eigenvalue weighted by Gasteiger charge is -2.35. The molecule has 3 rings (SSSR count). The Morgan fingerprint density at radius 2 is 1.86 bits per heavy atom. The molecule has 0 spiro atoms. The van der Waals surface area contributed by atoms with Crippen molar-refractivity contribution in [2.75, 3.05) is 31.1 Å². The smallest absolute Gasteiger partial charge is 0.219 e. The number of anilines is 1. The minimum Gasteiger partial charge on any atom is -0.353 e. The molecule has 0 aromatic carbocycles. The molecule has 1 amide bonds. The molecule has 0 unspecified atom stereocenters. The van der Waals surface area contributed by atoms with Crippen LogP contribution in [0.1, 0.15) is 38.1 Å².